The zero-order valence-electron chi connectivity index (χ0n) is 27.6. The van der Waals surface area contributed by atoms with Crippen molar-refractivity contribution < 1.29 is 43.2 Å². The van der Waals surface area contributed by atoms with Crippen molar-refractivity contribution in [2.75, 3.05) is 6.61 Å². The number of alkyl carbamates (subject to hydrolysis) is 2. The van der Waals surface area contributed by atoms with E-state index in [0.717, 1.165) is 22.3 Å². The minimum absolute atomic E-state index is 0.00276. The molecule has 1 aromatic heterocycles. The lowest BCUT2D eigenvalue weighted by molar-refractivity contribution is -0.139. The average Bonchev–Trinajstić information content (AvgIpc) is 3.28. The van der Waals surface area contributed by atoms with E-state index in [1.807, 2.05) is 48.5 Å². The normalized spacial score (nSPS) is 13.1. The van der Waals surface area contributed by atoms with E-state index in [9.17, 15) is 24.3 Å². The van der Waals surface area contributed by atoms with Crippen molar-refractivity contribution >= 4 is 24.3 Å². The zero-order valence-corrected chi connectivity index (χ0v) is 27.6. The van der Waals surface area contributed by atoms with Crippen molar-refractivity contribution in [2.45, 2.75) is 84.6 Å². The van der Waals surface area contributed by atoms with E-state index in [-0.39, 0.29) is 48.1 Å². The van der Waals surface area contributed by atoms with Gasteiger partial charge in [-0.15, -0.1) is 0 Å². The summed E-state index contributed by atoms with van der Waals surface area (Å²) < 4.78 is 21.7. The summed E-state index contributed by atoms with van der Waals surface area (Å²) in [5.41, 5.74) is 3.35. The number of ether oxygens (including phenoxy) is 4. The van der Waals surface area contributed by atoms with E-state index in [1.54, 1.807) is 48.5 Å². The van der Waals surface area contributed by atoms with Crippen LogP contribution < -0.4 is 15.4 Å². The van der Waals surface area contributed by atoms with Crippen molar-refractivity contribution in [1.82, 2.24) is 15.6 Å². The van der Waals surface area contributed by atoms with Gasteiger partial charge >= 0.3 is 24.3 Å². The molecule has 2 amide bonds. The number of aliphatic carboxylic acids is 1. The van der Waals surface area contributed by atoms with Gasteiger partial charge in [0, 0.05) is 24.1 Å². The summed E-state index contributed by atoms with van der Waals surface area (Å²) >= 11 is 0. The monoisotopic (exact) mass is 647 g/mol. The van der Waals surface area contributed by atoms with Crippen molar-refractivity contribution in [3.63, 3.8) is 0 Å². The van der Waals surface area contributed by atoms with Crippen molar-refractivity contribution in [1.29, 1.82) is 0 Å². The number of benzene rings is 2. The maximum absolute atomic E-state index is 13.0. The van der Waals surface area contributed by atoms with Gasteiger partial charge < -0.3 is 34.7 Å². The molecule has 1 atom stereocenters. The summed E-state index contributed by atoms with van der Waals surface area (Å²) in [6.07, 6.45) is -1.54. The van der Waals surface area contributed by atoms with Crippen LogP contribution in [0.3, 0.4) is 0 Å². The second-order valence-electron chi connectivity index (χ2n) is 13.2. The number of fused-ring (bicyclic) bond motifs is 3. The number of pyridine rings is 1. The molecule has 47 heavy (non-hydrogen) atoms. The number of hydrogen-bond donors (Lipinski definition) is 3. The van der Waals surface area contributed by atoms with Crippen LogP contribution in [0.25, 0.3) is 11.1 Å². The topological polar surface area (TPSA) is 162 Å². The molecule has 250 valence electrons. The number of nitrogens with one attached hydrogen (secondary N) is 2. The molecular formula is C35H41N3O9. The highest BCUT2D eigenvalue weighted by molar-refractivity contribution is 5.81. The van der Waals surface area contributed by atoms with E-state index in [2.05, 4.69) is 15.6 Å². The van der Waals surface area contributed by atoms with Crippen LogP contribution >= 0.6 is 0 Å². The summed E-state index contributed by atoms with van der Waals surface area (Å²) in [5, 5.41) is 15.1. The zero-order chi connectivity index (χ0) is 34.5. The number of carbonyl (C=O) groups excluding carboxylic acids is 3. The summed E-state index contributed by atoms with van der Waals surface area (Å²) in [4.78, 5) is 54.8. The van der Waals surface area contributed by atoms with Crippen LogP contribution in [0.5, 0.6) is 5.75 Å². The van der Waals surface area contributed by atoms with Gasteiger partial charge in [0.1, 0.15) is 23.9 Å². The SMILES string of the molecule is Cc1ncc(C[C@H](NC(=O)OCC2c3ccccc3-c3ccccc32)C(=O)O)c(CNC(=O)OC(C)(C)C)c1OC(=O)OC(C)(C)C. The van der Waals surface area contributed by atoms with Crippen molar-refractivity contribution in [3.05, 3.63) is 82.7 Å². The summed E-state index contributed by atoms with van der Waals surface area (Å²) in [7, 11) is 0. The van der Waals surface area contributed by atoms with Crippen LogP contribution in [0.1, 0.15) is 75.4 Å². The summed E-state index contributed by atoms with van der Waals surface area (Å²) in [6.45, 7) is 11.5. The average molecular weight is 648 g/mol. The molecule has 0 fully saturated rings. The van der Waals surface area contributed by atoms with Gasteiger partial charge in [-0.25, -0.2) is 19.2 Å². The second-order valence-corrected chi connectivity index (χ2v) is 13.2. The van der Waals surface area contributed by atoms with Gasteiger partial charge in [0.2, 0.25) is 0 Å². The Morgan fingerprint density at radius 2 is 1.45 bits per heavy atom. The third kappa shape index (κ3) is 9.21. The molecule has 0 radical (unpaired) electrons. The van der Waals surface area contributed by atoms with Crippen LogP contribution in [0.15, 0.2) is 54.7 Å². The molecule has 0 bridgehead atoms. The first kappa shape index (κ1) is 34.7. The Labute approximate surface area is 273 Å². The lowest BCUT2D eigenvalue weighted by Gasteiger charge is -2.23. The number of hydrogen-bond acceptors (Lipinski definition) is 9. The van der Waals surface area contributed by atoms with Crippen molar-refractivity contribution in [2.24, 2.45) is 0 Å². The highest BCUT2D eigenvalue weighted by atomic mass is 16.7. The van der Waals surface area contributed by atoms with E-state index in [4.69, 9.17) is 18.9 Å². The molecular weight excluding hydrogens is 606 g/mol. The lowest BCUT2D eigenvalue weighted by Crippen LogP contribution is -2.43. The van der Waals surface area contributed by atoms with E-state index < -0.39 is 41.6 Å². The highest BCUT2D eigenvalue weighted by Gasteiger charge is 2.31. The van der Waals surface area contributed by atoms with Crippen LogP contribution in [0.4, 0.5) is 14.4 Å². The summed E-state index contributed by atoms with van der Waals surface area (Å²) in [5.74, 6) is -1.56. The molecule has 3 N–H and O–H groups in total. The number of carbonyl (C=O) groups is 4. The second kappa shape index (κ2) is 14.1. The van der Waals surface area contributed by atoms with Gasteiger partial charge in [-0.05, 0) is 76.3 Å². The molecule has 12 nitrogen and oxygen atoms in total. The molecule has 2 aromatic carbocycles. The Kier molecular flexibility index (Phi) is 10.4. The number of nitrogens with zero attached hydrogens (tertiary/aromatic N) is 1. The number of amides is 2. The number of carboxylic acids is 1. The predicted octanol–water partition coefficient (Wildman–Crippen LogP) is 6.26. The fraction of sp³-hybridized carbons (Fsp3) is 0.400. The number of aryl methyl sites for hydroxylation is 1. The maximum Gasteiger partial charge on any atom is 0.514 e. The fourth-order valence-corrected chi connectivity index (χ4v) is 5.21. The minimum atomic E-state index is -1.45. The summed E-state index contributed by atoms with van der Waals surface area (Å²) in [6, 6.07) is 14.3. The minimum Gasteiger partial charge on any atom is -0.480 e. The largest absolute Gasteiger partial charge is 0.514 e. The Hall–Kier alpha value is -5.13. The Morgan fingerprint density at radius 3 is 2.00 bits per heavy atom. The van der Waals surface area contributed by atoms with Gasteiger partial charge in [-0.2, -0.15) is 0 Å². The van der Waals surface area contributed by atoms with Crippen molar-refractivity contribution in [3.8, 4) is 16.9 Å². The molecule has 12 heteroatoms. The maximum atomic E-state index is 13.0. The molecule has 0 saturated carbocycles. The Balaban J connectivity index is 1.54. The number of rotatable bonds is 9. The van der Waals surface area contributed by atoms with Gasteiger partial charge in [-0.3, -0.25) is 4.98 Å². The lowest BCUT2D eigenvalue weighted by atomic mass is 9.98. The molecule has 0 aliphatic heterocycles. The molecule has 4 rings (SSSR count). The van der Waals surface area contributed by atoms with E-state index in [0.29, 0.717) is 0 Å². The number of carboxylic acid groups (broad SMARTS) is 1. The van der Waals surface area contributed by atoms with Gasteiger partial charge in [0.25, 0.3) is 0 Å². The standard InChI is InChI=1S/C35H41N3O9/c1-20-29(45-33(43)47-35(5,6)7)26(18-37-31(41)46-34(2,3)4)21(17-36-20)16-28(30(39)40)38-32(42)44-19-27-24-14-10-8-12-22(24)23-13-9-11-15-25(23)27/h8-15,17,27-28H,16,18-19H2,1-7H3,(H,37,41)(H,38,42)(H,39,40)/t28-/m0/s1. The molecule has 0 unspecified atom stereocenters. The Bertz CT molecular complexity index is 1610. The fourth-order valence-electron chi connectivity index (χ4n) is 5.21. The van der Waals surface area contributed by atoms with Crippen LogP contribution in [-0.2, 0) is 32.0 Å². The molecule has 1 heterocycles. The third-order valence-electron chi connectivity index (χ3n) is 7.15. The van der Waals surface area contributed by atoms with Crippen LogP contribution in [0, 0.1) is 6.92 Å². The Morgan fingerprint density at radius 1 is 0.872 bits per heavy atom. The number of aromatic nitrogens is 1. The van der Waals surface area contributed by atoms with Crippen LogP contribution in [-0.4, -0.2) is 58.3 Å². The van der Waals surface area contributed by atoms with Gasteiger partial charge in [-0.1, -0.05) is 48.5 Å². The first-order chi connectivity index (χ1) is 22.0. The quantitative estimate of drug-likeness (QED) is 0.178. The molecule has 1 aliphatic rings. The van der Waals surface area contributed by atoms with E-state index >= 15 is 0 Å². The first-order valence-electron chi connectivity index (χ1n) is 15.2. The third-order valence-corrected chi connectivity index (χ3v) is 7.15. The smallest absolute Gasteiger partial charge is 0.480 e. The predicted molar refractivity (Wildman–Crippen MR) is 172 cm³/mol. The first-order valence-corrected chi connectivity index (χ1v) is 15.2. The molecule has 3 aromatic rings. The molecule has 1 aliphatic carbocycles. The molecule has 0 spiro atoms. The molecule has 0 saturated heterocycles. The van der Waals surface area contributed by atoms with Gasteiger partial charge in [0.05, 0.1) is 12.2 Å². The highest BCUT2D eigenvalue weighted by Crippen LogP contribution is 2.44. The van der Waals surface area contributed by atoms with Gasteiger partial charge in [0.15, 0.2) is 5.75 Å². The van der Waals surface area contributed by atoms with Crippen LogP contribution in [0.2, 0.25) is 0 Å². The van der Waals surface area contributed by atoms with E-state index in [1.165, 1.54) is 6.20 Å².